The second kappa shape index (κ2) is 3.63. The minimum Gasteiger partial charge on any atom is -0.315 e. The highest BCUT2D eigenvalue weighted by Gasteiger charge is 2.09. The van der Waals surface area contributed by atoms with Crippen LogP contribution in [-0.4, -0.2) is 19.1 Å². The Morgan fingerprint density at radius 2 is 2.50 bits per heavy atom. The number of hydrogen-bond donors (Lipinski definition) is 2. The van der Waals surface area contributed by atoms with Gasteiger partial charge in [0.15, 0.2) is 0 Å². The molecule has 48 valence electrons. The average Bonchev–Trinajstić information content (AvgIpc) is 1.90. The molecule has 2 N–H and O–H groups in total. The number of piperidine rings is 1. The van der Waals surface area contributed by atoms with E-state index in [0.717, 1.165) is 6.54 Å². The fraction of sp³-hybridized carbons (Fsp3) is 1.00. The van der Waals surface area contributed by atoms with Gasteiger partial charge in [0, 0.05) is 35.5 Å². The Morgan fingerprint density at radius 3 is 2.88 bits per heavy atom. The van der Waals surface area contributed by atoms with Gasteiger partial charge in [-0.25, -0.2) is 0 Å². The summed E-state index contributed by atoms with van der Waals surface area (Å²) >= 11 is 2.22. The SMILES string of the molecule is INC1CCCNC1. The third-order valence-electron chi connectivity index (χ3n) is 1.45. The molecule has 2 nitrogen and oxygen atoms in total. The number of rotatable bonds is 1. The lowest BCUT2D eigenvalue weighted by molar-refractivity contribution is 0.448. The van der Waals surface area contributed by atoms with Crippen LogP contribution in [0.25, 0.3) is 0 Å². The Balaban J connectivity index is 2.13. The van der Waals surface area contributed by atoms with Crippen molar-refractivity contribution in [3.63, 3.8) is 0 Å². The Kier molecular flexibility index (Phi) is 3.07. The molecule has 0 amide bonds. The predicted octanol–water partition coefficient (Wildman–Crippen LogP) is 0.678. The first kappa shape index (κ1) is 6.77. The molecule has 0 bridgehead atoms. The van der Waals surface area contributed by atoms with E-state index < -0.39 is 0 Å². The van der Waals surface area contributed by atoms with Crippen LogP contribution in [0, 0.1) is 0 Å². The van der Waals surface area contributed by atoms with Crippen molar-refractivity contribution in [2.24, 2.45) is 0 Å². The molecular formula is C5H11IN2. The van der Waals surface area contributed by atoms with Gasteiger partial charge in [-0.3, -0.25) is 3.53 Å². The highest BCUT2D eigenvalue weighted by molar-refractivity contribution is 14.1. The summed E-state index contributed by atoms with van der Waals surface area (Å²) in [6.07, 6.45) is 2.65. The highest BCUT2D eigenvalue weighted by atomic mass is 127. The van der Waals surface area contributed by atoms with E-state index in [4.69, 9.17) is 0 Å². The Hall–Kier alpha value is 0.650. The lowest BCUT2D eigenvalue weighted by Crippen LogP contribution is -2.38. The molecule has 1 fully saturated rings. The molecular weight excluding hydrogens is 215 g/mol. The van der Waals surface area contributed by atoms with Crippen LogP contribution >= 0.6 is 22.9 Å². The molecule has 8 heavy (non-hydrogen) atoms. The molecule has 0 spiro atoms. The van der Waals surface area contributed by atoms with E-state index in [-0.39, 0.29) is 0 Å². The summed E-state index contributed by atoms with van der Waals surface area (Å²) in [5.74, 6) is 0. The standard InChI is InChI=1S/C5H11IN2/c6-8-5-2-1-3-7-4-5/h5,7-8H,1-4H2. The molecule has 1 unspecified atom stereocenters. The van der Waals surface area contributed by atoms with Crippen molar-refractivity contribution in [1.82, 2.24) is 8.85 Å². The van der Waals surface area contributed by atoms with Gasteiger partial charge in [0.2, 0.25) is 0 Å². The van der Waals surface area contributed by atoms with Crippen LogP contribution in [0.2, 0.25) is 0 Å². The molecule has 0 aromatic carbocycles. The molecule has 3 heteroatoms. The largest absolute Gasteiger partial charge is 0.315 e. The van der Waals surface area contributed by atoms with Crippen molar-refractivity contribution in [3.8, 4) is 0 Å². The summed E-state index contributed by atoms with van der Waals surface area (Å²) < 4.78 is 3.21. The van der Waals surface area contributed by atoms with Gasteiger partial charge in [-0.1, -0.05) is 0 Å². The van der Waals surface area contributed by atoms with Gasteiger partial charge >= 0.3 is 0 Å². The molecule has 0 radical (unpaired) electrons. The number of hydrogen-bond acceptors (Lipinski definition) is 2. The van der Waals surface area contributed by atoms with Crippen LogP contribution in [0.3, 0.4) is 0 Å². The van der Waals surface area contributed by atoms with Gasteiger partial charge in [-0.2, -0.15) is 0 Å². The average molecular weight is 226 g/mol. The summed E-state index contributed by atoms with van der Waals surface area (Å²) in [6.45, 7) is 2.34. The summed E-state index contributed by atoms with van der Waals surface area (Å²) in [4.78, 5) is 0. The van der Waals surface area contributed by atoms with Crippen LogP contribution in [0.1, 0.15) is 12.8 Å². The van der Waals surface area contributed by atoms with Gasteiger partial charge in [0.25, 0.3) is 0 Å². The van der Waals surface area contributed by atoms with Crippen molar-refractivity contribution >= 4 is 22.9 Å². The first-order valence-electron chi connectivity index (χ1n) is 3.00. The molecule has 1 aliphatic heterocycles. The minimum absolute atomic E-state index is 0.712. The van der Waals surface area contributed by atoms with E-state index in [1.165, 1.54) is 19.4 Å². The van der Waals surface area contributed by atoms with E-state index >= 15 is 0 Å². The van der Waals surface area contributed by atoms with E-state index in [1.54, 1.807) is 0 Å². The van der Waals surface area contributed by atoms with Crippen molar-refractivity contribution in [2.75, 3.05) is 13.1 Å². The monoisotopic (exact) mass is 226 g/mol. The molecule has 1 saturated heterocycles. The summed E-state index contributed by atoms with van der Waals surface area (Å²) in [5.41, 5.74) is 0. The Bertz CT molecular complexity index is 61.4. The zero-order valence-corrected chi connectivity index (χ0v) is 6.94. The van der Waals surface area contributed by atoms with Gasteiger partial charge in [0.1, 0.15) is 0 Å². The van der Waals surface area contributed by atoms with Crippen molar-refractivity contribution in [3.05, 3.63) is 0 Å². The predicted molar refractivity (Wildman–Crippen MR) is 43.0 cm³/mol. The Morgan fingerprint density at radius 1 is 1.62 bits per heavy atom. The smallest absolute Gasteiger partial charge is 0.0288 e. The van der Waals surface area contributed by atoms with Crippen LogP contribution in [-0.2, 0) is 0 Å². The van der Waals surface area contributed by atoms with Crippen molar-refractivity contribution < 1.29 is 0 Å². The van der Waals surface area contributed by atoms with Gasteiger partial charge in [-0.05, 0) is 19.4 Å². The molecule has 1 aliphatic rings. The molecule has 1 heterocycles. The number of halogens is 1. The van der Waals surface area contributed by atoms with Crippen LogP contribution in [0.5, 0.6) is 0 Å². The summed E-state index contributed by atoms with van der Waals surface area (Å²) in [5, 5.41) is 3.32. The molecule has 0 aromatic rings. The minimum atomic E-state index is 0.712. The third kappa shape index (κ3) is 1.87. The topological polar surface area (TPSA) is 24.1 Å². The van der Waals surface area contributed by atoms with E-state index in [0.29, 0.717) is 6.04 Å². The molecule has 1 atom stereocenters. The summed E-state index contributed by atoms with van der Waals surface area (Å²) in [7, 11) is 0. The van der Waals surface area contributed by atoms with E-state index in [9.17, 15) is 0 Å². The quantitative estimate of drug-likeness (QED) is 0.507. The second-order valence-electron chi connectivity index (χ2n) is 2.15. The maximum Gasteiger partial charge on any atom is 0.0288 e. The van der Waals surface area contributed by atoms with Gasteiger partial charge in [-0.15, -0.1) is 0 Å². The summed E-state index contributed by atoms with van der Waals surface area (Å²) in [6, 6.07) is 0.712. The van der Waals surface area contributed by atoms with Gasteiger partial charge in [0.05, 0.1) is 0 Å². The normalized spacial score (nSPS) is 30.4. The zero-order valence-electron chi connectivity index (χ0n) is 4.78. The van der Waals surface area contributed by atoms with E-state index in [1.807, 2.05) is 0 Å². The van der Waals surface area contributed by atoms with Crippen molar-refractivity contribution in [2.45, 2.75) is 18.9 Å². The fourth-order valence-corrected chi connectivity index (χ4v) is 1.48. The van der Waals surface area contributed by atoms with Crippen LogP contribution in [0.4, 0.5) is 0 Å². The maximum absolute atomic E-state index is 3.32. The number of nitrogens with one attached hydrogen (secondary N) is 2. The second-order valence-corrected chi connectivity index (χ2v) is 2.78. The molecule has 0 aromatic heterocycles. The molecule has 0 saturated carbocycles. The molecule has 1 rings (SSSR count). The third-order valence-corrected chi connectivity index (χ3v) is 2.33. The fourth-order valence-electron chi connectivity index (χ4n) is 0.945. The van der Waals surface area contributed by atoms with Crippen molar-refractivity contribution in [1.29, 1.82) is 0 Å². The van der Waals surface area contributed by atoms with Crippen LogP contribution in [0.15, 0.2) is 0 Å². The first-order valence-corrected chi connectivity index (χ1v) is 4.08. The van der Waals surface area contributed by atoms with E-state index in [2.05, 4.69) is 31.7 Å². The molecule has 0 aliphatic carbocycles. The van der Waals surface area contributed by atoms with Gasteiger partial charge < -0.3 is 5.32 Å². The first-order chi connectivity index (χ1) is 3.93. The highest BCUT2D eigenvalue weighted by Crippen LogP contribution is 2.01. The maximum atomic E-state index is 3.32. The Labute approximate surface area is 63.9 Å². The lowest BCUT2D eigenvalue weighted by atomic mass is 10.1. The van der Waals surface area contributed by atoms with Crippen LogP contribution < -0.4 is 8.85 Å². The zero-order chi connectivity index (χ0) is 5.82. The lowest BCUT2D eigenvalue weighted by Gasteiger charge is -2.20.